The minimum atomic E-state index is 0.0185. The number of pyridine rings is 1. The van der Waals surface area contributed by atoms with Crippen LogP contribution in [0.3, 0.4) is 0 Å². The standard InChI is InChI=1S/C24H26N6O/c1-28-20-10-3-2-8-18(20)26-23(28)24(31)29-14-11-17(12-15-29)30-21(16-6-4-7-16)27-19-9-5-13-25-22(19)30/h2-3,5,8-10,13,16-17H,4,6-7,11-12,14-15H2,1H3. The maximum Gasteiger partial charge on any atom is 0.289 e. The van der Waals surface area contributed by atoms with Crippen molar-refractivity contribution >= 4 is 28.1 Å². The van der Waals surface area contributed by atoms with Crippen molar-refractivity contribution in [2.75, 3.05) is 13.1 Å². The molecule has 1 aromatic carbocycles. The summed E-state index contributed by atoms with van der Waals surface area (Å²) < 4.78 is 4.29. The van der Waals surface area contributed by atoms with E-state index >= 15 is 0 Å². The number of carbonyl (C=O) groups excluding carboxylic acids is 1. The molecule has 0 radical (unpaired) electrons. The Morgan fingerprint density at radius 3 is 2.48 bits per heavy atom. The fourth-order valence-electron chi connectivity index (χ4n) is 5.07. The molecule has 0 N–H and O–H groups in total. The second-order valence-electron chi connectivity index (χ2n) is 8.82. The Morgan fingerprint density at radius 1 is 0.968 bits per heavy atom. The molecule has 1 saturated carbocycles. The highest BCUT2D eigenvalue weighted by Gasteiger charge is 2.32. The van der Waals surface area contributed by atoms with Gasteiger partial charge in [0.15, 0.2) is 11.5 Å². The number of aryl methyl sites for hydroxylation is 1. The van der Waals surface area contributed by atoms with E-state index < -0.39 is 0 Å². The summed E-state index contributed by atoms with van der Waals surface area (Å²) in [6.45, 7) is 1.45. The van der Waals surface area contributed by atoms with Crippen LogP contribution in [0.2, 0.25) is 0 Å². The number of hydrogen-bond donors (Lipinski definition) is 0. The summed E-state index contributed by atoms with van der Waals surface area (Å²) in [5, 5.41) is 0. The minimum Gasteiger partial charge on any atom is -0.336 e. The predicted molar refractivity (Wildman–Crippen MR) is 119 cm³/mol. The van der Waals surface area contributed by atoms with Crippen LogP contribution in [0, 0.1) is 0 Å². The van der Waals surface area contributed by atoms with Crippen LogP contribution in [0.4, 0.5) is 0 Å². The average Bonchev–Trinajstić information content (AvgIpc) is 3.30. The van der Waals surface area contributed by atoms with Crippen molar-refractivity contribution in [1.29, 1.82) is 0 Å². The summed E-state index contributed by atoms with van der Waals surface area (Å²) in [7, 11) is 1.92. The summed E-state index contributed by atoms with van der Waals surface area (Å²) >= 11 is 0. The normalized spacial score (nSPS) is 18.0. The van der Waals surface area contributed by atoms with Gasteiger partial charge in [-0.3, -0.25) is 4.79 Å². The summed E-state index contributed by atoms with van der Waals surface area (Å²) in [5.74, 6) is 2.28. The third kappa shape index (κ3) is 2.94. The number of carbonyl (C=O) groups is 1. The van der Waals surface area contributed by atoms with Crippen molar-refractivity contribution in [2.45, 2.75) is 44.1 Å². The van der Waals surface area contributed by atoms with Gasteiger partial charge in [0.2, 0.25) is 0 Å². The van der Waals surface area contributed by atoms with E-state index in [2.05, 4.69) is 20.6 Å². The zero-order chi connectivity index (χ0) is 20.9. The van der Waals surface area contributed by atoms with Crippen molar-refractivity contribution in [3.8, 4) is 0 Å². The van der Waals surface area contributed by atoms with Crippen molar-refractivity contribution < 1.29 is 4.79 Å². The molecule has 31 heavy (non-hydrogen) atoms. The lowest BCUT2D eigenvalue weighted by atomic mass is 9.84. The van der Waals surface area contributed by atoms with E-state index in [0.717, 1.165) is 48.1 Å². The summed E-state index contributed by atoms with van der Waals surface area (Å²) in [6.07, 6.45) is 7.40. The Morgan fingerprint density at radius 2 is 1.74 bits per heavy atom. The molecule has 7 heteroatoms. The maximum absolute atomic E-state index is 13.2. The number of hydrogen-bond acceptors (Lipinski definition) is 4. The fourth-order valence-corrected chi connectivity index (χ4v) is 5.07. The van der Waals surface area contributed by atoms with Crippen LogP contribution < -0.4 is 0 Å². The van der Waals surface area contributed by atoms with Gasteiger partial charge >= 0.3 is 0 Å². The first-order chi connectivity index (χ1) is 15.2. The second kappa shape index (κ2) is 7.18. The number of para-hydroxylation sites is 2. The second-order valence-corrected chi connectivity index (χ2v) is 8.82. The quantitative estimate of drug-likeness (QED) is 0.507. The third-order valence-corrected chi connectivity index (χ3v) is 7.04. The first-order valence-corrected chi connectivity index (χ1v) is 11.2. The number of amides is 1. The molecule has 3 aromatic heterocycles. The van der Waals surface area contributed by atoms with E-state index in [1.165, 1.54) is 25.1 Å². The Kier molecular flexibility index (Phi) is 4.30. The molecule has 0 unspecified atom stereocenters. The van der Waals surface area contributed by atoms with Gasteiger partial charge in [0, 0.05) is 38.3 Å². The topological polar surface area (TPSA) is 68.8 Å². The molecule has 1 amide bonds. The molecule has 158 valence electrons. The Bertz CT molecular complexity index is 1280. The number of rotatable bonds is 3. The lowest BCUT2D eigenvalue weighted by Crippen LogP contribution is -2.40. The highest BCUT2D eigenvalue weighted by atomic mass is 16.2. The van der Waals surface area contributed by atoms with E-state index in [1.54, 1.807) is 0 Å². The highest BCUT2D eigenvalue weighted by molar-refractivity contribution is 5.94. The van der Waals surface area contributed by atoms with Crippen molar-refractivity contribution in [1.82, 2.24) is 29.0 Å². The minimum absolute atomic E-state index is 0.0185. The van der Waals surface area contributed by atoms with Gasteiger partial charge in [0.25, 0.3) is 5.91 Å². The molecule has 6 rings (SSSR count). The summed E-state index contributed by atoms with van der Waals surface area (Å²) in [6, 6.07) is 12.3. The van der Waals surface area contributed by atoms with E-state index in [4.69, 9.17) is 4.98 Å². The number of benzene rings is 1. The number of nitrogens with zero attached hydrogens (tertiary/aromatic N) is 6. The van der Waals surface area contributed by atoms with Crippen molar-refractivity contribution in [3.63, 3.8) is 0 Å². The zero-order valence-corrected chi connectivity index (χ0v) is 17.7. The number of likely N-dealkylation sites (tertiary alicyclic amines) is 1. The molecular weight excluding hydrogens is 388 g/mol. The van der Waals surface area contributed by atoms with Crippen molar-refractivity contribution in [2.24, 2.45) is 7.05 Å². The lowest BCUT2D eigenvalue weighted by molar-refractivity contribution is 0.0678. The molecule has 7 nitrogen and oxygen atoms in total. The SMILES string of the molecule is Cn1c(C(=O)N2CCC(n3c(C4CCC4)nc4cccnc43)CC2)nc2ccccc21. The lowest BCUT2D eigenvalue weighted by Gasteiger charge is -2.35. The Balaban J connectivity index is 1.25. The molecule has 0 atom stereocenters. The van der Waals surface area contributed by atoms with Gasteiger partial charge < -0.3 is 14.0 Å². The molecule has 2 aliphatic rings. The number of imidazole rings is 2. The maximum atomic E-state index is 13.2. The molecule has 0 bridgehead atoms. The molecule has 2 fully saturated rings. The van der Waals surface area contributed by atoms with Crippen LogP contribution in [-0.2, 0) is 7.05 Å². The third-order valence-electron chi connectivity index (χ3n) is 7.04. The first-order valence-electron chi connectivity index (χ1n) is 11.2. The number of piperidine rings is 1. The summed E-state index contributed by atoms with van der Waals surface area (Å²) in [5.41, 5.74) is 3.83. The van der Waals surface area contributed by atoms with Crippen LogP contribution >= 0.6 is 0 Å². The average molecular weight is 415 g/mol. The van der Waals surface area contributed by atoms with E-state index in [1.807, 2.05) is 53.0 Å². The number of aromatic nitrogens is 5. The van der Waals surface area contributed by atoms with E-state index in [0.29, 0.717) is 17.8 Å². The highest BCUT2D eigenvalue weighted by Crippen LogP contribution is 2.39. The van der Waals surface area contributed by atoms with Crippen LogP contribution in [0.15, 0.2) is 42.6 Å². The molecule has 1 aliphatic carbocycles. The summed E-state index contributed by atoms with van der Waals surface area (Å²) in [4.78, 5) is 29.4. The first kappa shape index (κ1) is 18.5. The smallest absolute Gasteiger partial charge is 0.289 e. The zero-order valence-electron chi connectivity index (χ0n) is 17.7. The van der Waals surface area contributed by atoms with E-state index in [9.17, 15) is 4.79 Å². The Hall–Kier alpha value is -3.22. The van der Waals surface area contributed by atoms with Crippen LogP contribution in [-0.4, -0.2) is 48.0 Å². The largest absolute Gasteiger partial charge is 0.336 e. The number of fused-ring (bicyclic) bond motifs is 2. The van der Waals surface area contributed by atoms with Gasteiger partial charge in [-0.2, -0.15) is 0 Å². The molecule has 1 saturated heterocycles. The van der Waals surface area contributed by atoms with Gasteiger partial charge in [0.05, 0.1) is 11.0 Å². The van der Waals surface area contributed by atoms with Gasteiger partial charge in [0.1, 0.15) is 11.3 Å². The monoisotopic (exact) mass is 414 g/mol. The van der Waals surface area contributed by atoms with Gasteiger partial charge in [-0.05, 0) is 49.9 Å². The van der Waals surface area contributed by atoms with Gasteiger partial charge in [-0.15, -0.1) is 0 Å². The predicted octanol–water partition coefficient (Wildman–Crippen LogP) is 4.06. The molecular formula is C24H26N6O. The van der Waals surface area contributed by atoms with Crippen LogP contribution in [0.5, 0.6) is 0 Å². The van der Waals surface area contributed by atoms with Crippen molar-refractivity contribution in [3.05, 3.63) is 54.2 Å². The van der Waals surface area contributed by atoms with Gasteiger partial charge in [-0.25, -0.2) is 15.0 Å². The molecule has 0 spiro atoms. The fraction of sp³-hybridized carbons (Fsp3) is 0.417. The van der Waals surface area contributed by atoms with Crippen LogP contribution in [0.1, 0.15) is 60.5 Å². The molecule has 4 aromatic rings. The van der Waals surface area contributed by atoms with E-state index in [-0.39, 0.29) is 5.91 Å². The molecule has 4 heterocycles. The Labute approximate surface area is 180 Å². The van der Waals surface area contributed by atoms with Crippen LogP contribution in [0.25, 0.3) is 22.2 Å². The molecule has 1 aliphatic heterocycles. The van der Waals surface area contributed by atoms with Gasteiger partial charge in [-0.1, -0.05) is 18.6 Å².